The highest BCUT2D eigenvalue weighted by molar-refractivity contribution is 6.30. The second-order valence-electron chi connectivity index (χ2n) is 4.53. The monoisotopic (exact) mass is 307 g/mol. The van der Waals surface area contributed by atoms with Gasteiger partial charge >= 0.3 is 0 Å². The van der Waals surface area contributed by atoms with Crippen LogP contribution in [-0.2, 0) is 0 Å². The Kier molecular flexibility index (Phi) is 5.31. The summed E-state index contributed by atoms with van der Waals surface area (Å²) in [4.78, 5) is 11.8. The van der Waals surface area contributed by atoms with E-state index in [4.69, 9.17) is 16.7 Å². The summed E-state index contributed by atoms with van der Waals surface area (Å²) in [6, 6.07) is 11.5. The average Bonchev–Trinajstić information content (AvgIpc) is 2.48. The molecule has 21 heavy (non-hydrogen) atoms. The zero-order valence-electron chi connectivity index (χ0n) is 11.3. The number of aliphatic hydroxyl groups excluding tert-OH is 1. The first-order valence-electron chi connectivity index (χ1n) is 6.56. The van der Waals surface area contributed by atoms with Crippen molar-refractivity contribution in [1.29, 1.82) is 0 Å². The first-order chi connectivity index (χ1) is 10.1. The topological polar surface area (TPSA) is 49.3 Å². The third kappa shape index (κ3) is 4.03. The Balaban J connectivity index is 2.17. The molecule has 0 saturated carbocycles. The predicted molar refractivity (Wildman–Crippen MR) is 80.9 cm³/mol. The molecule has 3 nitrogen and oxygen atoms in total. The maximum Gasteiger partial charge on any atom is 0.254 e. The molecule has 0 spiro atoms. The molecule has 0 aromatic heterocycles. The van der Waals surface area contributed by atoms with Crippen LogP contribution in [0.3, 0.4) is 0 Å². The number of carbonyl (C=O) groups is 1. The lowest BCUT2D eigenvalue weighted by atomic mass is 10.0. The highest BCUT2D eigenvalue weighted by atomic mass is 35.5. The molecule has 2 aromatic rings. The molecule has 0 fully saturated rings. The fourth-order valence-corrected chi connectivity index (χ4v) is 2.02. The van der Waals surface area contributed by atoms with Crippen molar-refractivity contribution in [3.05, 3.63) is 58.9 Å². The van der Waals surface area contributed by atoms with Crippen molar-refractivity contribution in [2.24, 2.45) is 0 Å². The van der Waals surface area contributed by atoms with Crippen molar-refractivity contribution < 1.29 is 14.3 Å². The van der Waals surface area contributed by atoms with Crippen LogP contribution in [0.5, 0.6) is 0 Å². The van der Waals surface area contributed by atoms with Crippen molar-refractivity contribution in [2.45, 2.75) is 6.42 Å². The SMILES string of the molecule is O=C(NCCCO)c1ccc(-c2ccc(Cl)cc2)cc1F. The molecule has 5 heteroatoms. The fraction of sp³-hybridized carbons (Fsp3) is 0.188. The van der Waals surface area contributed by atoms with Crippen LogP contribution in [0.15, 0.2) is 42.5 Å². The Morgan fingerprint density at radius 3 is 2.43 bits per heavy atom. The number of aliphatic hydroxyl groups is 1. The van der Waals surface area contributed by atoms with Crippen LogP contribution in [-0.4, -0.2) is 24.2 Å². The third-order valence-corrected chi connectivity index (χ3v) is 3.26. The molecule has 0 radical (unpaired) electrons. The Bertz CT molecular complexity index is 629. The normalized spacial score (nSPS) is 10.4. The smallest absolute Gasteiger partial charge is 0.254 e. The molecule has 0 aliphatic carbocycles. The van der Waals surface area contributed by atoms with E-state index >= 15 is 0 Å². The highest BCUT2D eigenvalue weighted by Gasteiger charge is 2.12. The van der Waals surface area contributed by atoms with Gasteiger partial charge in [0.25, 0.3) is 5.91 Å². The number of hydrogen-bond acceptors (Lipinski definition) is 2. The quantitative estimate of drug-likeness (QED) is 0.833. The largest absolute Gasteiger partial charge is 0.396 e. The summed E-state index contributed by atoms with van der Waals surface area (Å²) in [6.45, 7) is 0.298. The van der Waals surface area contributed by atoms with Gasteiger partial charge < -0.3 is 10.4 Å². The predicted octanol–water partition coefficient (Wildman–Crippen LogP) is 3.26. The molecule has 0 saturated heterocycles. The van der Waals surface area contributed by atoms with Gasteiger partial charge in [-0.1, -0.05) is 29.8 Å². The Labute approximate surface area is 127 Å². The van der Waals surface area contributed by atoms with Crippen LogP contribution in [0.25, 0.3) is 11.1 Å². The molecular formula is C16H15ClFNO2. The summed E-state index contributed by atoms with van der Waals surface area (Å²) < 4.78 is 14.0. The highest BCUT2D eigenvalue weighted by Crippen LogP contribution is 2.23. The lowest BCUT2D eigenvalue weighted by Crippen LogP contribution is -2.25. The van der Waals surface area contributed by atoms with E-state index in [1.807, 2.05) is 0 Å². The van der Waals surface area contributed by atoms with Crippen LogP contribution in [0.1, 0.15) is 16.8 Å². The van der Waals surface area contributed by atoms with Crippen LogP contribution >= 0.6 is 11.6 Å². The van der Waals surface area contributed by atoms with E-state index in [-0.39, 0.29) is 12.2 Å². The lowest BCUT2D eigenvalue weighted by molar-refractivity contribution is 0.0947. The molecule has 2 rings (SSSR count). The lowest BCUT2D eigenvalue weighted by Gasteiger charge is -2.07. The van der Waals surface area contributed by atoms with E-state index in [0.717, 1.165) is 5.56 Å². The van der Waals surface area contributed by atoms with Gasteiger partial charge in [-0.25, -0.2) is 4.39 Å². The average molecular weight is 308 g/mol. The van der Waals surface area contributed by atoms with Crippen molar-refractivity contribution in [3.63, 3.8) is 0 Å². The number of rotatable bonds is 5. The van der Waals surface area contributed by atoms with Crippen molar-refractivity contribution >= 4 is 17.5 Å². The van der Waals surface area contributed by atoms with Crippen LogP contribution in [0.2, 0.25) is 5.02 Å². The maximum absolute atomic E-state index is 14.0. The van der Waals surface area contributed by atoms with E-state index in [1.165, 1.54) is 12.1 Å². The number of halogens is 2. The summed E-state index contributed by atoms with van der Waals surface area (Å²) in [5.41, 5.74) is 1.49. The van der Waals surface area contributed by atoms with Gasteiger partial charge in [-0.3, -0.25) is 4.79 Å². The minimum Gasteiger partial charge on any atom is -0.396 e. The standard InChI is InChI=1S/C16H15ClFNO2/c17-13-5-2-11(3-6-13)12-4-7-14(15(18)10-12)16(21)19-8-1-9-20/h2-7,10,20H,1,8-9H2,(H,19,21). The molecule has 110 valence electrons. The first-order valence-corrected chi connectivity index (χ1v) is 6.94. The van der Waals surface area contributed by atoms with E-state index in [9.17, 15) is 9.18 Å². The minimum absolute atomic E-state index is 0.00865. The zero-order valence-corrected chi connectivity index (χ0v) is 12.0. The molecule has 2 aromatic carbocycles. The Morgan fingerprint density at radius 2 is 1.81 bits per heavy atom. The van der Waals surface area contributed by atoms with E-state index < -0.39 is 11.7 Å². The van der Waals surface area contributed by atoms with E-state index in [0.29, 0.717) is 23.6 Å². The van der Waals surface area contributed by atoms with Gasteiger partial charge in [0.15, 0.2) is 0 Å². The van der Waals surface area contributed by atoms with E-state index in [1.54, 1.807) is 30.3 Å². The fourth-order valence-electron chi connectivity index (χ4n) is 1.90. The second kappa shape index (κ2) is 7.20. The molecule has 0 unspecified atom stereocenters. The Hall–Kier alpha value is -1.91. The summed E-state index contributed by atoms with van der Waals surface area (Å²) in [6.07, 6.45) is 0.441. The van der Waals surface area contributed by atoms with Gasteiger partial charge in [0.2, 0.25) is 0 Å². The summed E-state index contributed by atoms with van der Waals surface area (Å²) >= 11 is 5.81. The summed E-state index contributed by atoms with van der Waals surface area (Å²) in [5, 5.41) is 11.8. The summed E-state index contributed by atoms with van der Waals surface area (Å²) in [5.74, 6) is -1.06. The first kappa shape index (κ1) is 15.5. The molecule has 0 aliphatic heterocycles. The molecule has 1 amide bonds. The molecule has 0 bridgehead atoms. The molecule has 0 heterocycles. The zero-order chi connectivity index (χ0) is 15.2. The van der Waals surface area contributed by atoms with Crippen LogP contribution < -0.4 is 5.32 Å². The molecular weight excluding hydrogens is 293 g/mol. The molecule has 0 atom stereocenters. The van der Waals surface area contributed by atoms with Gasteiger partial charge in [-0.05, 0) is 41.8 Å². The van der Waals surface area contributed by atoms with Gasteiger partial charge in [0, 0.05) is 18.2 Å². The van der Waals surface area contributed by atoms with Crippen molar-refractivity contribution in [1.82, 2.24) is 5.32 Å². The van der Waals surface area contributed by atoms with Gasteiger partial charge in [-0.2, -0.15) is 0 Å². The number of nitrogens with one attached hydrogen (secondary N) is 1. The van der Waals surface area contributed by atoms with Crippen molar-refractivity contribution in [2.75, 3.05) is 13.2 Å². The second-order valence-corrected chi connectivity index (χ2v) is 4.97. The van der Waals surface area contributed by atoms with Crippen LogP contribution in [0.4, 0.5) is 4.39 Å². The minimum atomic E-state index is -0.580. The maximum atomic E-state index is 14.0. The number of carbonyl (C=O) groups excluding carboxylic acids is 1. The number of amides is 1. The summed E-state index contributed by atoms with van der Waals surface area (Å²) in [7, 11) is 0. The van der Waals surface area contributed by atoms with Gasteiger partial charge in [0.05, 0.1) is 5.56 Å². The molecule has 0 aliphatic rings. The van der Waals surface area contributed by atoms with Crippen molar-refractivity contribution in [3.8, 4) is 11.1 Å². The van der Waals surface area contributed by atoms with Crippen LogP contribution in [0, 0.1) is 5.82 Å². The van der Waals surface area contributed by atoms with Gasteiger partial charge in [-0.15, -0.1) is 0 Å². The third-order valence-electron chi connectivity index (χ3n) is 3.01. The van der Waals surface area contributed by atoms with Gasteiger partial charge in [0.1, 0.15) is 5.82 Å². The Morgan fingerprint density at radius 1 is 1.14 bits per heavy atom. The number of benzene rings is 2. The molecule has 2 N–H and O–H groups in total. The number of hydrogen-bond donors (Lipinski definition) is 2. The van der Waals surface area contributed by atoms with E-state index in [2.05, 4.69) is 5.32 Å².